The smallest absolute Gasteiger partial charge is 0.320 e. The van der Waals surface area contributed by atoms with Crippen LogP contribution in [0, 0.1) is 5.92 Å². The zero-order valence-corrected chi connectivity index (χ0v) is 8.45. The number of ether oxygens (including phenoxy) is 1. The summed E-state index contributed by atoms with van der Waals surface area (Å²) in [5.41, 5.74) is 5.32. The van der Waals surface area contributed by atoms with Crippen LogP contribution in [-0.4, -0.2) is 30.3 Å². The summed E-state index contributed by atoms with van der Waals surface area (Å²) in [6, 6.07) is -0.779. The second kappa shape index (κ2) is 5.98. The average molecular weight is 201 g/mol. The third-order valence-corrected chi connectivity index (χ3v) is 2.79. The first-order valence-corrected chi connectivity index (χ1v) is 5.26. The highest BCUT2D eigenvalue weighted by Gasteiger charge is 2.16. The molecule has 4 heteroatoms. The zero-order chi connectivity index (χ0) is 10.4. The van der Waals surface area contributed by atoms with Gasteiger partial charge in [0.05, 0.1) is 0 Å². The van der Waals surface area contributed by atoms with Gasteiger partial charge in [-0.25, -0.2) is 0 Å². The van der Waals surface area contributed by atoms with Crippen molar-refractivity contribution in [3.8, 4) is 0 Å². The summed E-state index contributed by atoms with van der Waals surface area (Å²) in [6.45, 7) is 1.21. The van der Waals surface area contributed by atoms with Gasteiger partial charge in [0.25, 0.3) is 0 Å². The third kappa shape index (κ3) is 4.07. The summed E-state index contributed by atoms with van der Waals surface area (Å²) in [7, 11) is 0. The fourth-order valence-corrected chi connectivity index (χ4v) is 1.47. The summed E-state index contributed by atoms with van der Waals surface area (Å²) in [4.78, 5) is 10.3. The number of nitrogens with two attached hydrogens (primary N) is 1. The largest absolute Gasteiger partial charge is 0.480 e. The normalized spacial score (nSPS) is 18.9. The fourth-order valence-electron chi connectivity index (χ4n) is 1.47. The van der Waals surface area contributed by atoms with E-state index in [0.29, 0.717) is 13.0 Å². The predicted octanol–water partition coefficient (Wildman–Crippen LogP) is 0.995. The van der Waals surface area contributed by atoms with E-state index in [-0.39, 0.29) is 0 Å². The van der Waals surface area contributed by atoms with E-state index in [0.717, 1.165) is 18.9 Å². The molecule has 0 aromatic carbocycles. The van der Waals surface area contributed by atoms with Gasteiger partial charge < -0.3 is 15.6 Å². The molecule has 0 heterocycles. The van der Waals surface area contributed by atoms with Crippen molar-refractivity contribution in [2.24, 2.45) is 11.7 Å². The molecule has 1 unspecified atom stereocenters. The monoisotopic (exact) mass is 201 g/mol. The lowest BCUT2D eigenvalue weighted by Gasteiger charge is -2.24. The van der Waals surface area contributed by atoms with Crippen molar-refractivity contribution in [2.75, 3.05) is 13.2 Å². The molecule has 1 aliphatic carbocycles. The van der Waals surface area contributed by atoms with Crippen molar-refractivity contribution in [3.05, 3.63) is 0 Å². The van der Waals surface area contributed by atoms with Crippen molar-refractivity contribution in [1.29, 1.82) is 0 Å². The molecule has 0 bridgehead atoms. The second-order valence-corrected chi connectivity index (χ2v) is 3.93. The number of rotatable bonds is 7. The molecule has 0 aromatic rings. The molecule has 1 aliphatic rings. The molecule has 14 heavy (non-hydrogen) atoms. The van der Waals surface area contributed by atoms with Gasteiger partial charge in [0.15, 0.2) is 0 Å². The number of carbonyl (C=O) groups is 1. The summed E-state index contributed by atoms with van der Waals surface area (Å²) in [6.07, 6.45) is 5.53. The molecule has 0 aliphatic heterocycles. The number of carboxylic acids is 1. The van der Waals surface area contributed by atoms with Crippen LogP contribution in [0.25, 0.3) is 0 Å². The number of hydrogen-bond donors (Lipinski definition) is 2. The van der Waals surface area contributed by atoms with Crippen LogP contribution in [0.1, 0.15) is 32.1 Å². The van der Waals surface area contributed by atoms with Gasteiger partial charge in [-0.05, 0) is 18.8 Å². The zero-order valence-electron chi connectivity index (χ0n) is 8.45. The van der Waals surface area contributed by atoms with Gasteiger partial charge in [0, 0.05) is 13.2 Å². The lowest BCUT2D eigenvalue weighted by molar-refractivity contribution is -0.139. The lowest BCUT2D eigenvalue weighted by atomic mass is 9.83. The molecule has 0 spiro atoms. The molecule has 4 nitrogen and oxygen atoms in total. The highest BCUT2D eigenvalue weighted by atomic mass is 16.5. The van der Waals surface area contributed by atoms with E-state index < -0.39 is 12.0 Å². The summed E-state index contributed by atoms with van der Waals surface area (Å²) in [5, 5.41) is 8.49. The van der Waals surface area contributed by atoms with Crippen LogP contribution in [0.2, 0.25) is 0 Å². The van der Waals surface area contributed by atoms with E-state index in [1.807, 2.05) is 0 Å². The van der Waals surface area contributed by atoms with Crippen LogP contribution in [0.3, 0.4) is 0 Å². The van der Waals surface area contributed by atoms with E-state index in [2.05, 4.69) is 0 Å². The SMILES string of the molecule is NC(CCOCCC1CCC1)C(=O)O. The van der Waals surface area contributed by atoms with Gasteiger partial charge in [0.1, 0.15) is 6.04 Å². The first kappa shape index (κ1) is 11.5. The van der Waals surface area contributed by atoms with Crippen molar-refractivity contribution in [2.45, 2.75) is 38.1 Å². The summed E-state index contributed by atoms with van der Waals surface area (Å²) in [5.74, 6) is -0.101. The Kier molecular flexibility index (Phi) is 4.90. The van der Waals surface area contributed by atoms with Gasteiger partial charge >= 0.3 is 5.97 Å². The highest BCUT2D eigenvalue weighted by molar-refractivity contribution is 5.72. The topological polar surface area (TPSA) is 72.5 Å². The maximum atomic E-state index is 10.3. The molecule has 82 valence electrons. The molecule has 1 rings (SSSR count). The van der Waals surface area contributed by atoms with E-state index in [4.69, 9.17) is 15.6 Å². The molecule has 1 fully saturated rings. The van der Waals surface area contributed by atoms with Crippen LogP contribution < -0.4 is 5.73 Å². The first-order valence-electron chi connectivity index (χ1n) is 5.26. The quantitative estimate of drug-likeness (QED) is 0.603. The van der Waals surface area contributed by atoms with Crippen LogP contribution in [-0.2, 0) is 9.53 Å². The Labute approximate surface area is 84.4 Å². The van der Waals surface area contributed by atoms with Crippen molar-refractivity contribution in [1.82, 2.24) is 0 Å². The Bertz CT molecular complexity index is 180. The Morgan fingerprint density at radius 1 is 1.50 bits per heavy atom. The van der Waals surface area contributed by atoms with Crippen LogP contribution in [0.15, 0.2) is 0 Å². The molecule has 0 amide bonds. The summed E-state index contributed by atoms with van der Waals surface area (Å²) >= 11 is 0. The maximum absolute atomic E-state index is 10.3. The number of aliphatic carboxylic acids is 1. The molecule has 0 radical (unpaired) electrons. The Morgan fingerprint density at radius 2 is 2.21 bits per heavy atom. The van der Waals surface area contributed by atoms with E-state index in [1.165, 1.54) is 19.3 Å². The molecule has 1 saturated carbocycles. The Balaban J connectivity index is 1.86. The minimum atomic E-state index is -0.951. The average Bonchev–Trinajstić information content (AvgIpc) is 2.07. The van der Waals surface area contributed by atoms with Crippen LogP contribution >= 0.6 is 0 Å². The number of carboxylic acid groups (broad SMARTS) is 1. The molecular weight excluding hydrogens is 182 g/mol. The number of hydrogen-bond acceptors (Lipinski definition) is 3. The maximum Gasteiger partial charge on any atom is 0.320 e. The van der Waals surface area contributed by atoms with Crippen LogP contribution in [0.4, 0.5) is 0 Å². The fraction of sp³-hybridized carbons (Fsp3) is 0.900. The van der Waals surface area contributed by atoms with Gasteiger partial charge in [-0.2, -0.15) is 0 Å². The Morgan fingerprint density at radius 3 is 2.71 bits per heavy atom. The Hall–Kier alpha value is -0.610. The van der Waals surface area contributed by atoms with Crippen LogP contribution in [0.5, 0.6) is 0 Å². The minimum Gasteiger partial charge on any atom is -0.480 e. The van der Waals surface area contributed by atoms with Crippen molar-refractivity contribution < 1.29 is 14.6 Å². The molecule has 0 saturated heterocycles. The second-order valence-electron chi connectivity index (χ2n) is 3.93. The van der Waals surface area contributed by atoms with E-state index >= 15 is 0 Å². The van der Waals surface area contributed by atoms with E-state index in [1.54, 1.807) is 0 Å². The van der Waals surface area contributed by atoms with Gasteiger partial charge in [-0.3, -0.25) is 4.79 Å². The predicted molar refractivity (Wildman–Crippen MR) is 53.0 cm³/mol. The van der Waals surface area contributed by atoms with Crippen molar-refractivity contribution in [3.63, 3.8) is 0 Å². The molecule has 3 N–H and O–H groups in total. The summed E-state index contributed by atoms with van der Waals surface area (Å²) < 4.78 is 5.32. The first-order chi connectivity index (χ1) is 6.70. The molecule has 0 aromatic heterocycles. The van der Waals surface area contributed by atoms with Gasteiger partial charge in [-0.15, -0.1) is 0 Å². The minimum absolute atomic E-state index is 0.403. The van der Waals surface area contributed by atoms with Gasteiger partial charge in [-0.1, -0.05) is 19.3 Å². The van der Waals surface area contributed by atoms with E-state index in [9.17, 15) is 4.79 Å². The van der Waals surface area contributed by atoms with Crippen molar-refractivity contribution >= 4 is 5.97 Å². The molecular formula is C10H19NO3. The van der Waals surface area contributed by atoms with Gasteiger partial charge in [0.2, 0.25) is 0 Å². The standard InChI is InChI=1S/C10H19NO3/c11-9(10(12)13)5-7-14-6-4-8-2-1-3-8/h8-9H,1-7,11H2,(H,12,13). The lowest BCUT2D eigenvalue weighted by Crippen LogP contribution is -2.31. The highest BCUT2D eigenvalue weighted by Crippen LogP contribution is 2.29. The third-order valence-electron chi connectivity index (χ3n) is 2.79. The molecule has 1 atom stereocenters.